The lowest BCUT2D eigenvalue weighted by atomic mass is 9.99. The second-order valence-corrected chi connectivity index (χ2v) is 6.03. The van der Waals surface area contributed by atoms with Crippen molar-refractivity contribution in [2.45, 2.75) is 34.2 Å². The summed E-state index contributed by atoms with van der Waals surface area (Å²) in [7, 11) is 1.76. The lowest BCUT2D eigenvalue weighted by Gasteiger charge is -2.16. The second kappa shape index (κ2) is 5.53. The Balaban J connectivity index is 2.27. The molecule has 0 aliphatic heterocycles. The minimum atomic E-state index is 0.892. The zero-order chi connectivity index (χ0) is 15.9. The van der Waals surface area contributed by atoms with E-state index in [2.05, 4.69) is 68.7 Å². The van der Waals surface area contributed by atoms with E-state index in [1.165, 1.54) is 38.9 Å². The first kappa shape index (κ1) is 14.7. The molecule has 0 saturated carbocycles. The van der Waals surface area contributed by atoms with Crippen molar-refractivity contribution < 1.29 is 4.74 Å². The predicted molar refractivity (Wildman–Crippen MR) is 93.0 cm³/mol. The van der Waals surface area contributed by atoms with E-state index in [-0.39, 0.29) is 0 Å². The molecule has 0 aliphatic rings. The number of ether oxygens (including phenoxy) is 1. The molecule has 0 saturated heterocycles. The molecule has 0 N–H and O–H groups in total. The van der Waals surface area contributed by atoms with Crippen molar-refractivity contribution in [2.24, 2.45) is 0 Å². The molecule has 0 fully saturated rings. The summed E-state index contributed by atoms with van der Waals surface area (Å²) in [6, 6.07) is 12.9. The first-order valence-electron chi connectivity index (χ1n) is 7.72. The number of nitrogens with zero attached hydrogens (tertiary/aromatic N) is 1. The van der Waals surface area contributed by atoms with Crippen LogP contribution in [0.1, 0.15) is 27.9 Å². The third-order valence-electron chi connectivity index (χ3n) is 4.76. The van der Waals surface area contributed by atoms with Crippen molar-refractivity contribution in [3.05, 3.63) is 64.3 Å². The monoisotopic (exact) mass is 293 g/mol. The Bertz CT molecular complexity index is 828. The lowest BCUT2D eigenvalue weighted by molar-refractivity contribution is 0.416. The molecule has 22 heavy (non-hydrogen) atoms. The normalized spacial score (nSPS) is 11.1. The summed E-state index contributed by atoms with van der Waals surface area (Å²) in [5, 5.41) is 1.22. The van der Waals surface area contributed by atoms with Crippen LogP contribution in [0.15, 0.2) is 36.4 Å². The molecule has 0 radical (unpaired) electrons. The van der Waals surface area contributed by atoms with Gasteiger partial charge < -0.3 is 9.30 Å². The van der Waals surface area contributed by atoms with Gasteiger partial charge in [-0.2, -0.15) is 0 Å². The average molecular weight is 293 g/mol. The number of rotatable bonds is 3. The van der Waals surface area contributed by atoms with Crippen LogP contribution in [0, 0.1) is 27.7 Å². The van der Waals surface area contributed by atoms with Gasteiger partial charge in [0.25, 0.3) is 0 Å². The van der Waals surface area contributed by atoms with Crippen LogP contribution >= 0.6 is 0 Å². The van der Waals surface area contributed by atoms with Crippen molar-refractivity contribution in [1.29, 1.82) is 0 Å². The van der Waals surface area contributed by atoms with Gasteiger partial charge in [0, 0.05) is 17.6 Å². The van der Waals surface area contributed by atoms with E-state index in [9.17, 15) is 0 Å². The number of hydrogen-bond donors (Lipinski definition) is 0. The molecule has 2 heteroatoms. The smallest absolute Gasteiger partial charge is 0.131 e. The Morgan fingerprint density at radius 3 is 2.23 bits per heavy atom. The van der Waals surface area contributed by atoms with Crippen LogP contribution in [-0.2, 0) is 6.54 Å². The molecule has 2 nitrogen and oxygen atoms in total. The summed E-state index contributed by atoms with van der Waals surface area (Å²) < 4.78 is 8.10. The molecule has 2 aromatic carbocycles. The highest BCUT2D eigenvalue weighted by molar-refractivity contribution is 5.92. The maximum absolute atomic E-state index is 5.70. The van der Waals surface area contributed by atoms with E-state index in [0.29, 0.717) is 0 Å². The molecule has 0 bridgehead atoms. The highest BCUT2D eigenvalue weighted by Crippen LogP contribution is 2.37. The van der Waals surface area contributed by atoms with Crippen molar-refractivity contribution in [3.8, 4) is 5.75 Å². The quantitative estimate of drug-likeness (QED) is 0.667. The molecule has 1 aromatic heterocycles. The number of hydrogen-bond acceptors (Lipinski definition) is 1. The second-order valence-electron chi connectivity index (χ2n) is 6.03. The number of aryl methyl sites for hydroxylation is 2. The summed E-state index contributed by atoms with van der Waals surface area (Å²) in [6.45, 7) is 9.60. The van der Waals surface area contributed by atoms with Gasteiger partial charge in [-0.1, -0.05) is 30.3 Å². The first-order chi connectivity index (χ1) is 10.5. The van der Waals surface area contributed by atoms with E-state index in [1.54, 1.807) is 7.11 Å². The summed E-state index contributed by atoms with van der Waals surface area (Å²) in [5.41, 5.74) is 7.78. The summed E-state index contributed by atoms with van der Waals surface area (Å²) in [5.74, 6) is 1.01. The van der Waals surface area contributed by atoms with E-state index in [1.807, 2.05) is 0 Å². The van der Waals surface area contributed by atoms with Gasteiger partial charge in [-0.25, -0.2) is 0 Å². The van der Waals surface area contributed by atoms with Crippen LogP contribution in [0.2, 0.25) is 0 Å². The fourth-order valence-electron chi connectivity index (χ4n) is 3.32. The minimum absolute atomic E-state index is 0.892. The standard InChI is InChI=1S/C20H23NO/c1-13-11-18-19(15(3)14(2)16(4)20(18)22-5)21(13)12-17-9-7-6-8-10-17/h6-11H,12H2,1-5H3. The van der Waals surface area contributed by atoms with Gasteiger partial charge in [-0.15, -0.1) is 0 Å². The van der Waals surface area contributed by atoms with Crippen molar-refractivity contribution in [1.82, 2.24) is 4.57 Å². The Hall–Kier alpha value is -2.22. The third kappa shape index (κ3) is 2.19. The van der Waals surface area contributed by atoms with E-state index in [0.717, 1.165) is 12.3 Å². The number of fused-ring (bicyclic) bond motifs is 1. The maximum atomic E-state index is 5.70. The number of methoxy groups -OCH3 is 1. The number of benzene rings is 2. The van der Waals surface area contributed by atoms with Crippen molar-refractivity contribution >= 4 is 10.9 Å². The van der Waals surface area contributed by atoms with E-state index < -0.39 is 0 Å². The molecule has 3 aromatic rings. The van der Waals surface area contributed by atoms with Gasteiger partial charge in [-0.3, -0.25) is 0 Å². The van der Waals surface area contributed by atoms with Gasteiger partial charge in [0.2, 0.25) is 0 Å². The van der Waals surface area contributed by atoms with Crippen LogP contribution in [0.5, 0.6) is 5.75 Å². The first-order valence-corrected chi connectivity index (χ1v) is 7.72. The summed E-state index contributed by atoms with van der Waals surface area (Å²) >= 11 is 0. The van der Waals surface area contributed by atoms with Gasteiger partial charge in [0.05, 0.1) is 12.6 Å². The zero-order valence-electron chi connectivity index (χ0n) is 14.0. The Kier molecular flexibility index (Phi) is 3.69. The molecule has 0 aliphatic carbocycles. The van der Waals surface area contributed by atoms with E-state index >= 15 is 0 Å². The maximum Gasteiger partial charge on any atom is 0.131 e. The molecule has 0 amide bonds. The molecule has 3 rings (SSSR count). The Labute approximate surface area is 132 Å². The van der Waals surface area contributed by atoms with E-state index in [4.69, 9.17) is 4.74 Å². The Morgan fingerprint density at radius 2 is 1.59 bits per heavy atom. The molecular weight excluding hydrogens is 270 g/mol. The van der Waals surface area contributed by atoms with Crippen LogP contribution in [0.3, 0.4) is 0 Å². The molecular formula is C20H23NO. The third-order valence-corrected chi connectivity index (χ3v) is 4.76. The van der Waals surface area contributed by atoms with Crippen molar-refractivity contribution in [3.63, 3.8) is 0 Å². The summed E-state index contributed by atoms with van der Waals surface area (Å²) in [6.07, 6.45) is 0. The summed E-state index contributed by atoms with van der Waals surface area (Å²) in [4.78, 5) is 0. The van der Waals surface area contributed by atoms with Gasteiger partial charge >= 0.3 is 0 Å². The van der Waals surface area contributed by atoms with Gasteiger partial charge in [0.1, 0.15) is 5.75 Å². The highest BCUT2D eigenvalue weighted by Gasteiger charge is 2.17. The largest absolute Gasteiger partial charge is 0.496 e. The molecule has 0 spiro atoms. The van der Waals surface area contributed by atoms with Crippen LogP contribution in [0.4, 0.5) is 0 Å². The van der Waals surface area contributed by atoms with Gasteiger partial charge in [-0.05, 0) is 56.0 Å². The molecule has 1 heterocycles. The topological polar surface area (TPSA) is 14.2 Å². The Morgan fingerprint density at radius 1 is 0.909 bits per heavy atom. The highest BCUT2D eigenvalue weighted by atomic mass is 16.5. The predicted octanol–water partition coefficient (Wildman–Crippen LogP) is 4.93. The van der Waals surface area contributed by atoms with Gasteiger partial charge in [0.15, 0.2) is 0 Å². The fourth-order valence-corrected chi connectivity index (χ4v) is 3.32. The lowest BCUT2D eigenvalue weighted by Crippen LogP contribution is -2.04. The number of aromatic nitrogens is 1. The van der Waals surface area contributed by atoms with Crippen LogP contribution < -0.4 is 4.74 Å². The van der Waals surface area contributed by atoms with Crippen LogP contribution in [0.25, 0.3) is 10.9 Å². The molecule has 0 atom stereocenters. The SMILES string of the molecule is COc1c(C)c(C)c(C)c2c1cc(C)n2Cc1ccccc1. The average Bonchev–Trinajstić information content (AvgIpc) is 2.83. The fraction of sp³-hybridized carbons (Fsp3) is 0.300. The zero-order valence-corrected chi connectivity index (χ0v) is 14.0. The molecule has 0 unspecified atom stereocenters. The van der Waals surface area contributed by atoms with Crippen molar-refractivity contribution in [2.75, 3.05) is 7.11 Å². The van der Waals surface area contributed by atoms with Crippen LogP contribution in [-0.4, -0.2) is 11.7 Å². The minimum Gasteiger partial charge on any atom is -0.496 e. The molecule has 114 valence electrons.